The summed E-state index contributed by atoms with van der Waals surface area (Å²) < 4.78 is 20.5. The molecule has 3 N–H and O–H groups in total. The SMILES string of the molecule is NC1CN(c2cc(F)c(C3CCC(=O)NC3=O)c3c2OCC3)C1. The minimum absolute atomic E-state index is 0.102. The molecule has 1 atom stereocenters. The van der Waals surface area contributed by atoms with Crippen LogP contribution in [0.15, 0.2) is 6.07 Å². The fourth-order valence-electron chi connectivity index (χ4n) is 3.64. The largest absolute Gasteiger partial charge is 0.491 e. The minimum atomic E-state index is -0.629. The summed E-state index contributed by atoms with van der Waals surface area (Å²) in [5, 5.41) is 2.30. The molecule has 0 radical (unpaired) electrons. The van der Waals surface area contributed by atoms with Crippen LogP contribution in [-0.2, 0) is 16.0 Å². The van der Waals surface area contributed by atoms with E-state index in [1.54, 1.807) is 0 Å². The molecule has 0 saturated carbocycles. The van der Waals surface area contributed by atoms with Gasteiger partial charge in [-0.3, -0.25) is 14.9 Å². The van der Waals surface area contributed by atoms with Crippen molar-refractivity contribution in [2.24, 2.45) is 5.73 Å². The number of hydrogen-bond acceptors (Lipinski definition) is 5. The van der Waals surface area contributed by atoms with E-state index < -0.39 is 17.6 Å². The van der Waals surface area contributed by atoms with E-state index in [1.807, 2.05) is 4.90 Å². The summed E-state index contributed by atoms with van der Waals surface area (Å²) in [6, 6.07) is 1.54. The number of ether oxygens (including phenoxy) is 1. The monoisotopic (exact) mass is 319 g/mol. The van der Waals surface area contributed by atoms with Crippen molar-refractivity contribution in [1.29, 1.82) is 0 Å². The first-order valence-electron chi connectivity index (χ1n) is 7.87. The number of halogens is 1. The van der Waals surface area contributed by atoms with Gasteiger partial charge in [0, 0.05) is 49.2 Å². The maximum absolute atomic E-state index is 14.8. The first kappa shape index (κ1) is 14.4. The highest BCUT2D eigenvalue weighted by atomic mass is 19.1. The van der Waals surface area contributed by atoms with Crippen LogP contribution in [0.2, 0.25) is 0 Å². The number of nitrogens with one attached hydrogen (secondary N) is 1. The van der Waals surface area contributed by atoms with Crippen LogP contribution < -0.4 is 20.7 Å². The average Bonchev–Trinajstić information content (AvgIpc) is 2.94. The third kappa shape index (κ3) is 2.26. The highest BCUT2D eigenvalue weighted by molar-refractivity contribution is 6.01. The topological polar surface area (TPSA) is 84.7 Å². The zero-order chi connectivity index (χ0) is 16.1. The van der Waals surface area contributed by atoms with E-state index in [0.717, 1.165) is 5.56 Å². The Morgan fingerprint density at radius 1 is 1.30 bits per heavy atom. The molecule has 3 aliphatic rings. The Morgan fingerprint density at radius 3 is 2.78 bits per heavy atom. The number of carbonyl (C=O) groups is 2. The molecule has 4 rings (SSSR count). The quantitative estimate of drug-likeness (QED) is 0.772. The highest BCUT2D eigenvalue weighted by Crippen LogP contribution is 2.44. The van der Waals surface area contributed by atoms with E-state index in [2.05, 4.69) is 5.32 Å². The molecular weight excluding hydrogens is 301 g/mol. The lowest BCUT2D eigenvalue weighted by Crippen LogP contribution is -2.56. The van der Waals surface area contributed by atoms with Crippen LogP contribution in [0, 0.1) is 5.82 Å². The Morgan fingerprint density at radius 2 is 2.09 bits per heavy atom. The zero-order valence-electron chi connectivity index (χ0n) is 12.6. The predicted octanol–water partition coefficient (Wildman–Crippen LogP) is 0.428. The standard InChI is InChI=1S/C16H18FN3O3/c17-11-5-12(20-6-8(18)7-20)15-9(3-4-23-15)14(11)10-1-2-13(21)19-16(10)22/h5,8,10H,1-4,6-7,18H2,(H,19,21,22). The van der Waals surface area contributed by atoms with Crippen molar-refractivity contribution < 1.29 is 18.7 Å². The van der Waals surface area contributed by atoms with Crippen molar-refractivity contribution in [3.05, 3.63) is 23.0 Å². The fourth-order valence-corrected chi connectivity index (χ4v) is 3.64. The highest BCUT2D eigenvalue weighted by Gasteiger charge is 2.37. The molecule has 7 heteroatoms. The Hall–Kier alpha value is -2.15. The van der Waals surface area contributed by atoms with Gasteiger partial charge in [-0.25, -0.2) is 4.39 Å². The van der Waals surface area contributed by atoms with Gasteiger partial charge in [0.25, 0.3) is 0 Å². The lowest BCUT2D eigenvalue weighted by atomic mass is 9.85. The van der Waals surface area contributed by atoms with E-state index in [-0.39, 0.29) is 18.4 Å². The summed E-state index contributed by atoms with van der Waals surface area (Å²) in [7, 11) is 0. The van der Waals surface area contributed by atoms with Crippen molar-refractivity contribution >= 4 is 17.5 Å². The molecule has 23 heavy (non-hydrogen) atoms. The molecule has 122 valence electrons. The van der Waals surface area contributed by atoms with Crippen molar-refractivity contribution in [2.75, 3.05) is 24.6 Å². The van der Waals surface area contributed by atoms with Crippen molar-refractivity contribution in [2.45, 2.75) is 31.2 Å². The van der Waals surface area contributed by atoms with Crippen LogP contribution in [0.1, 0.15) is 29.9 Å². The molecular formula is C16H18FN3O3. The molecule has 0 bridgehead atoms. The average molecular weight is 319 g/mol. The van der Waals surface area contributed by atoms with Gasteiger partial charge in [0.1, 0.15) is 11.6 Å². The summed E-state index contributed by atoms with van der Waals surface area (Å²) in [6.45, 7) is 1.83. The van der Waals surface area contributed by atoms with Gasteiger partial charge in [-0.15, -0.1) is 0 Å². The van der Waals surface area contributed by atoms with Gasteiger partial charge in [0.05, 0.1) is 18.2 Å². The molecule has 3 heterocycles. The summed E-state index contributed by atoms with van der Waals surface area (Å²) in [4.78, 5) is 25.4. The van der Waals surface area contributed by atoms with Gasteiger partial charge >= 0.3 is 0 Å². The number of anilines is 1. The van der Waals surface area contributed by atoms with Gasteiger partial charge in [-0.05, 0) is 6.42 Å². The molecule has 6 nitrogen and oxygen atoms in total. The summed E-state index contributed by atoms with van der Waals surface area (Å²) >= 11 is 0. The lowest BCUT2D eigenvalue weighted by molar-refractivity contribution is -0.134. The number of benzene rings is 1. The molecule has 1 aromatic carbocycles. The molecule has 1 unspecified atom stereocenters. The third-order valence-corrected chi connectivity index (χ3v) is 4.79. The van der Waals surface area contributed by atoms with Gasteiger partial charge in [-0.2, -0.15) is 0 Å². The van der Waals surface area contributed by atoms with Crippen LogP contribution in [0.4, 0.5) is 10.1 Å². The normalized spacial score (nSPS) is 24.1. The Kier molecular flexibility index (Phi) is 3.26. The number of imide groups is 1. The van der Waals surface area contributed by atoms with E-state index in [0.29, 0.717) is 49.5 Å². The Bertz CT molecular complexity index is 700. The van der Waals surface area contributed by atoms with Crippen LogP contribution in [0.3, 0.4) is 0 Å². The second kappa shape index (κ2) is 5.19. The number of nitrogens with zero attached hydrogens (tertiary/aromatic N) is 1. The third-order valence-electron chi connectivity index (χ3n) is 4.79. The molecule has 1 aromatic rings. The minimum Gasteiger partial charge on any atom is -0.491 e. The van der Waals surface area contributed by atoms with Gasteiger partial charge in [-0.1, -0.05) is 0 Å². The molecule has 2 amide bonds. The summed E-state index contributed by atoms with van der Waals surface area (Å²) in [6.07, 6.45) is 1.14. The fraction of sp³-hybridized carbons (Fsp3) is 0.500. The Labute approximate surface area is 132 Å². The van der Waals surface area contributed by atoms with E-state index >= 15 is 0 Å². The van der Waals surface area contributed by atoms with Gasteiger partial charge in [0.2, 0.25) is 11.8 Å². The van der Waals surface area contributed by atoms with Crippen molar-refractivity contribution in [3.63, 3.8) is 0 Å². The molecule has 0 aromatic heterocycles. The molecule has 0 aliphatic carbocycles. The van der Waals surface area contributed by atoms with Crippen LogP contribution in [0.25, 0.3) is 0 Å². The number of rotatable bonds is 2. The predicted molar refractivity (Wildman–Crippen MR) is 80.9 cm³/mol. The van der Waals surface area contributed by atoms with Gasteiger partial charge < -0.3 is 15.4 Å². The van der Waals surface area contributed by atoms with Crippen LogP contribution in [0.5, 0.6) is 5.75 Å². The van der Waals surface area contributed by atoms with Crippen molar-refractivity contribution in [1.82, 2.24) is 5.32 Å². The summed E-state index contributed by atoms with van der Waals surface area (Å²) in [5.74, 6) is -1.09. The number of nitrogens with two attached hydrogens (primary N) is 1. The zero-order valence-corrected chi connectivity index (χ0v) is 12.6. The second-order valence-electron chi connectivity index (χ2n) is 6.37. The number of carbonyl (C=O) groups excluding carboxylic acids is 2. The van der Waals surface area contributed by atoms with Gasteiger partial charge in [0.15, 0.2) is 0 Å². The number of fused-ring (bicyclic) bond motifs is 1. The maximum atomic E-state index is 14.8. The first-order chi connectivity index (χ1) is 11.0. The smallest absolute Gasteiger partial charge is 0.234 e. The number of hydrogen-bond donors (Lipinski definition) is 2. The maximum Gasteiger partial charge on any atom is 0.234 e. The molecule has 0 spiro atoms. The summed E-state index contributed by atoms with van der Waals surface area (Å²) in [5.41, 5.74) is 7.67. The van der Waals surface area contributed by atoms with Crippen molar-refractivity contribution in [3.8, 4) is 5.75 Å². The van der Waals surface area contributed by atoms with Crippen LogP contribution >= 0.6 is 0 Å². The number of amides is 2. The molecule has 2 fully saturated rings. The van der Waals surface area contributed by atoms with E-state index in [9.17, 15) is 14.0 Å². The second-order valence-corrected chi connectivity index (χ2v) is 6.37. The first-order valence-corrected chi connectivity index (χ1v) is 7.87. The number of piperidine rings is 1. The Balaban J connectivity index is 1.75. The molecule has 2 saturated heterocycles. The van der Waals surface area contributed by atoms with Crippen LogP contribution in [-0.4, -0.2) is 37.6 Å². The lowest BCUT2D eigenvalue weighted by Gasteiger charge is -2.39. The van der Waals surface area contributed by atoms with E-state index in [1.165, 1.54) is 6.07 Å². The molecule has 3 aliphatic heterocycles. The van der Waals surface area contributed by atoms with E-state index in [4.69, 9.17) is 10.5 Å².